The van der Waals surface area contributed by atoms with Crippen molar-refractivity contribution >= 4 is 28.5 Å². The Hall–Kier alpha value is -2.60. The summed E-state index contributed by atoms with van der Waals surface area (Å²) in [4.78, 5) is 15.7. The highest BCUT2D eigenvalue weighted by atomic mass is 35.5. The Kier molecular flexibility index (Phi) is 3.46. The molecule has 7 heteroatoms. The Morgan fingerprint density at radius 1 is 1.32 bits per heavy atom. The summed E-state index contributed by atoms with van der Waals surface area (Å²) in [6, 6.07) is 7.39. The van der Waals surface area contributed by atoms with E-state index in [1.54, 1.807) is 18.7 Å². The third-order valence-electron chi connectivity index (χ3n) is 3.39. The normalized spacial score (nSPS) is 10.9. The molecule has 6 nitrogen and oxygen atoms in total. The number of hydrogen-bond acceptors (Lipinski definition) is 4. The lowest BCUT2D eigenvalue weighted by Crippen LogP contribution is -2.12. The molecule has 0 aliphatic carbocycles. The summed E-state index contributed by atoms with van der Waals surface area (Å²) in [5.74, 6) is 0.134. The molecule has 0 fully saturated rings. The number of ether oxygens (including phenoxy) is 1. The van der Waals surface area contributed by atoms with Gasteiger partial charge in [-0.1, -0.05) is 11.6 Å². The Balaban J connectivity index is 2.23. The van der Waals surface area contributed by atoms with Crippen molar-refractivity contribution in [3.05, 3.63) is 46.7 Å². The number of primary amides is 1. The van der Waals surface area contributed by atoms with Gasteiger partial charge >= 0.3 is 0 Å². The van der Waals surface area contributed by atoms with E-state index in [1.165, 1.54) is 6.20 Å². The SMILES string of the molecule is COc1ccc(-n2nc(C)c3c(Cl)c(C(N)=O)cnc32)cc1. The number of aromatic nitrogens is 3. The molecule has 0 unspecified atom stereocenters. The zero-order valence-electron chi connectivity index (χ0n) is 12.0. The van der Waals surface area contributed by atoms with Gasteiger partial charge in [0.2, 0.25) is 0 Å². The fraction of sp³-hybridized carbons (Fsp3) is 0.133. The predicted octanol–water partition coefficient (Wildman–Crippen LogP) is 2.49. The lowest BCUT2D eigenvalue weighted by molar-refractivity contribution is 0.100. The highest BCUT2D eigenvalue weighted by molar-refractivity contribution is 6.38. The largest absolute Gasteiger partial charge is 0.497 e. The van der Waals surface area contributed by atoms with E-state index >= 15 is 0 Å². The molecule has 0 aliphatic rings. The van der Waals surface area contributed by atoms with E-state index in [9.17, 15) is 4.79 Å². The van der Waals surface area contributed by atoms with Crippen LogP contribution in [0.1, 0.15) is 16.1 Å². The third-order valence-corrected chi connectivity index (χ3v) is 3.78. The van der Waals surface area contributed by atoms with Gasteiger partial charge in [-0.3, -0.25) is 4.79 Å². The minimum atomic E-state index is -0.615. The van der Waals surface area contributed by atoms with E-state index in [0.29, 0.717) is 16.7 Å². The van der Waals surface area contributed by atoms with Gasteiger partial charge in [-0.05, 0) is 31.2 Å². The standard InChI is InChI=1S/C15H13ClN4O2/c1-8-12-13(16)11(14(17)21)7-18-15(12)20(19-8)9-3-5-10(22-2)6-4-9/h3-7H,1-2H3,(H2,17,21). The number of nitrogens with zero attached hydrogens (tertiary/aromatic N) is 3. The second kappa shape index (κ2) is 5.31. The van der Waals surface area contributed by atoms with Crippen molar-refractivity contribution in [2.75, 3.05) is 7.11 Å². The van der Waals surface area contributed by atoms with Crippen LogP contribution >= 0.6 is 11.6 Å². The second-order valence-electron chi connectivity index (χ2n) is 4.74. The molecule has 0 bridgehead atoms. The number of amides is 1. The fourth-order valence-electron chi connectivity index (χ4n) is 2.28. The molecule has 1 amide bonds. The minimum absolute atomic E-state index is 0.187. The fourth-order valence-corrected chi connectivity index (χ4v) is 2.65. The first-order chi connectivity index (χ1) is 10.5. The molecular formula is C15H13ClN4O2. The number of hydrogen-bond donors (Lipinski definition) is 1. The van der Waals surface area contributed by atoms with Crippen molar-refractivity contribution < 1.29 is 9.53 Å². The molecule has 0 spiro atoms. The molecule has 0 aliphatic heterocycles. The molecule has 2 N–H and O–H groups in total. The minimum Gasteiger partial charge on any atom is -0.497 e. The van der Waals surface area contributed by atoms with Crippen LogP contribution in [0.5, 0.6) is 5.75 Å². The van der Waals surface area contributed by atoms with Gasteiger partial charge in [0.05, 0.1) is 34.5 Å². The summed E-state index contributed by atoms with van der Waals surface area (Å²) in [7, 11) is 1.61. The number of pyridine rings is 1. The molecule has 1 aromatic carbocycles. The lowest BCUT2D eigenvalue weighted by atomic mass is 10.2. The maximum absolute atomic E-state index is 11.4. The number of aryl methyl sites for hydroxylation is 1. The quantitative estimate of drug-likeness (QED) is 0.804. The monoisotopic (exact) mass is 316 g/mol. The van der Waals surface area contributed by atoms with Crippen molar-refractivity contribution in [1.82, 2.24) is 14.8 Å². The molecule has 2 heterocycles. The molecule has 22 heavy (non-hydrogen) atoms. The van der Waals surface area contributed by atoms with Crippen LogP contribution in [0.15, 0.2) is 30.5 Å². The summed E-state index contributed by atoms with van der Waals surface area (Å²) in [6.45, 7) is 1.81. The Labute approximate surface area is 131 Å². The highest BCUT2D eigenvalue weighted by Gasteiger charge is 2.18. The van der Waals surface area contributed by atoms with Crippen molar-refractivity contribution in [3.63, 3.8) is 0 Å². The number of fused-ring (bicyclic) bond motifs is 1. The Bertz CT molecular complexity index is 871. The topological polar surface area (TPSA) is 83.0 Å². The summed E-state index contributed by atoms with van der Waals surface area (Å²) in [5.41, 5.74) is 7.54. The summed E-state index contributed by atoms with van der Waals surface area (Å²) < 4.78 is 6.81. The van der Waals surface area contributed by atoms with Crippen LogP contribution in [0.3, 0.4) is 0 Å². The van der Waals surface area contributed by atoms with Crippen LogP contribution < -0.4 is 10.5 Å². The number of benzene rings is 1. The Morgan fingerprint density at radius 3 is 2.59 bits per heavy atom. The molecule has 3 aromatic rings. The van der Waals surface area contributed by atoms with E-state index in [-0.39, 0.29) is 10.6 Å². The van der Waals surface area contributed by atoms with Gasteiger partial charge < -0.3 is 10.5 Å². The molecule has 2 aromatic heterocycles. The molecule has 0 radical (unpaired) electrons. The predicted molar refractivity (Wildman–Crippen MR) is 83.7 cm³/mol. The van der Waals surface area contributed by atoms with Gasteiger partial charge in [0.1, 0.15) is 5.75 Å². The van der Waals surface area contributed by atoms with Gasteiger partial charge in [0.25, 0.3) is 5.91 Å². The van der Waals surface area contributed by atoms with Gasteiger partial charge in [0, 0.05) is 6.20 Å². The Morgan fingerprint density at radius 2 is 2.00 bits per heavy atom. The van der Waals surface area contributed by atoms with Crippen LogP contribution in [-0.2, 0) is 0 Å². The number of rotatable bonds is 3. The van der Waals surface area contributed by atoms with Crippen LogP contribution in [-0.4, -0.2) is 27.8 Å². The summed E-state index contributed by atoms with van der Waals surface area (Å²) in [5, 5.41) is 5.35. The van der Waals surface area contributed by atoms with E-state index in [1.807, 2.05) is 24.3 Å². The van der Waals surface area contributed by atoms with Gasteiger partial charge in [0.15, 0.2) is 5.65 Å². The van der Waals surface area contributed by atoms with E-state index < -0.39 is 5.91 Å². The second-order valence-corrected chi connectivity index (χ2v) is 5.12. The average molecular weight is 317 g/mol. The molecule has 112 valence electrons. The van der Waals surface area contributed by atoms with Crippen LogP contribution in [0, 0.1) is 6.92 Å². The first kappa shape index (κ1) is 14.3. The van der Waals surface area contributed by atoms with Crippen molar-refractivity contribution in [2.24, 2.45) is 5.73 Å². The first-order valence-corrected chi connectivity index (χ1v) is 6.88. The van der Waals surface area contributed by atoms with E-state index in [2.05, 4.69) is 10.1 Å². The molecule has 0 saturated carbocycles. The van der Waals surface area contributed by atoms with Crippen LogP contribution in [0.25, 0.3) is 16.7 Å². The van der Waals surface area contributed by atoms with E-state index in [4.69, 9.17) is 22.1 Å². The average Bonchev–Trinajstić information content (AvgIpc) is 2.85. The van der Waals surface area contributed by atoms with Crippen molar-refractivity contribution in [2.45, 2.75) is 6.92 Å². The van der Waals surface area contributed by atoms with Crippen molar-refractivity contribution in [3.8, 4) is 11.4 Å². The van der Waals surface area contributed by atoms with Crippen molar-refractivity contribution in [1.29, 1.82) is 0 Å². The van der Waals surface area contributed by atoms with Gasteiger partial charge in [-0.15, -0.1) is 0 Å². The van der Waals surface area contributed by atoms with Crippen LogP contribution in [0.2, 0.25) is 5.02 Å². The number of carbonyl (C=O) groups excluding carboxylic acids is 1. The zero-order chi connectivity index (χ0) is 15.9. The number of carbonyl (C=O) groups is 1. The summed E-state index contributed by atoms with van der Waals surface area (Å²) >= 11 is 6.28. The number of nitrogens with two attached hydrogens (primary N) is 1. The molecule has 0 atom stereocenters. The smallest absolute Gasteiger partial charge is 0.251 e. The maximum Gasteiger partial charge on any atom is 0.251 e. The lowest BCUT2D eigenvalue weighted by Gasteiger charge is -2.05. The van der Waals surface area contributed by atoms with Gasteiger partial charge in [-0.2, -0.15) is 5.10 Å². The highest BCUT2D eigenvalue weighted by Crippen LogP contribution is 2.30. The molecular weight excluding hydrogens is 304 g/mol. The zero-order valence-corrected chi connectivity index (χ0v) is 12.8. The molecule has 0 saturated heterocycles. The van der Waals surface area contributed by atoms with Gasteiger partial charge in [-0.25, -0.2) is 9.67 Å². The van der Waals surface area contributed by atoms with E-state index in [0.717, 1.165) is 11.4 Å². The molecule has 3 rings (SSSR count). The third kappa shape index (κ3) is 2.17. The first-order valence-electron chi connectivity index (χ1n) is 6.51. The number of halogens is 1. The van der Waals surface area contributed by atoms with Crippen LogP contribution in [0.4, 0.5) is 0 Å². The number of methoxy groups -OCH3 is 1. The maximum atomic E-state index is 11.4. The summed E-state index contributed by atoms with van der Waals surface area (Å²) in [6.07, 6.45) is 1.37.